The van der Waals surface area contributed by atoms with Crippen LogP contribution in [0.1, 0.15) is 25.3 Å². The molecule has 0 bridgehead atoms. The van der Waals surface area contributed by atoms with Crippen LogP contribution in [0.25, 0.3) is 0 Å². The molecule has 20 heavy (non-hydrogen) atoms. The molecule has 5 heteroatoms. The molecule has 1 aromatic rings. The minimum absolute atomic E-state index is 0.173. The number of hydrogen-bond acceptors (Lipinski definition) is 4. The fourth-order valence-electron chi connectivity index (χ4n) is 1.49. The molecule has 112 valence electrons. The highest BCUT2D eigenvalue weighted by Crippen LogP contribution is 2.13. The van der Waals surface area contributed by atoms with Crippen molar-refractivity contribution in [1.29, 1.82) is 0 Å². The van der Waals surface area contributed by atoms with E-state index in [0.717, 1.165) is 17.6 Å². The van der Waals surface area contributed by atoms with E-state index in [1.165, 1.54) is 0 Å². The fraction of sp³-hybridized carbons (Fsp3) is 0.467. The third kappa shape index (κ3) is 6.32. The molecular formula is C15H22O4S. The third-order valence-corrected chi connectivity index (χ3v) is 3.91. The minimum atomic E-state index is -3.64. The van der Waals surface area contributed by atoms with Crippen LogP contribution in [0.4, 0.5) is 0 Å². The molecule has 0 atom stereocenters. The Kier molecular flexibility index (Phi) is 6.91. The second-order valence-corrected chi connectivity index (χ2v) is 6.42. The van der Waals surface area contributed by atoms with Crippen molar-refractivity contribution in [2.24, 2.45) is 0 Å². The molecular weight excluding hydrogens is 276 g/mol. The van der Waals surface area contributed by atoms with Gasteiger partial charge in [0.15, 0.2) is 0 Å². The number of aryl methyl sites for hydroxylation is 1. The molecule has 0 N–H and O–H groups in total. The molecule has 0 radical (unpaired) electrons. The Bertz CT molecular complexity index is 517. The number of unbranched alkanes of at least 4 members (excludes halogenated alkanes) is 1. The van der Waals surface area contributed by atoms with Gasteiger partial charge >= 0.3 is 0 Å². The topological polar surface area (TPSA) is 52.6 Å². The van der Waals surface area contributed by atoms with E-state index in [9.17, 15) is 8.42 Å². The largest absolute Gasteiger partial charge is 0.377 e. The molecule has 1 rings (SSSR count). The van der Waals surface area contributed by atoms with E-state index in [-0.39, 0.29) is 11.5 Å². The van der Waals surface area contributed by atoms with Crippen LogP contribution >= 0.6 is 0 Å². The summed E-state index contributed by atoms with van der Waals surface area (Å²) in [6.07, 6.45) is 1.40. The zero-order valence-corrected chi connectivity index (χ0v) is 12.9. The quantitative estimate of drug-likeness (QED) is 0.399. The van der Waals surface area contributed by atoms with Crippen molar-refractivity contribution in [1.82, 2.24) is 0 Å². The highest BCUT2D eigenvalue weighted by Gasteiger charge is 2.14. The first-order valence-electron chi connectivity index (χ1n) is 6.60. The van der Waals surface area contributed by atoms with Crippen molar-refractivity contribution in [3.63, 3.8) is 0 Å². The molecule has 0 aliphatic heterocycles. The van der Waals surface area contributed by atoms with E-state index in [0.29, 0.717) is 19.6 Å². The van der Waals surface area contributed by atoms with Gasteiger partial charge in [0.05, 0.1) is 18.1 Å². The Morgan fingerprint density at radius 1 is 1.15 bits per heavy atom. The van der Waals surface area contributed by atoms with E-state index in [4.69, 9.17) is 8.92 Å². The standard InChI is InChI=1S/C15H22O4S/c1-13(2)12-18-10-4-5-11-19-20(16,17)15-8-6-14(3)7-9-15/h6-9H,1,4-5,10-12H2,2-3H3. The first-order valence-corrected chi connectivity index (χ1v) is 8.01. The Labute approximate surface area is 121 Å². The van der Waals surface area contributed by atoms with Gasteiger partial charge in [-0.25, -0.2) is 0 Å². The molecule has 0 aromatic heterocycles. The summed E-state index contributed by atoms with van der Waals surface area (Å²) in [5, 5.41) is 0. The smallest absolute Gasteiger partial charge is 0.296 e. The van der Waals surface area contributed by atoms with Gasteiger partial charge in [-0.05, 0) is 38.8 Å². The van der Waals surface area contributed by atoms with Crippen LogP contribution < -0.4 is 0 Å². The predicted octanol–water partition coefficient (Wildman–Crippen LogP) is 3.07. The van der Waals surface area contributed by atoms with Crippen molar-refractivity contribution in [2.45, 2.75) is 31.6 Å². The first kappa shape index (κ1) is 16.9. The number of hydrogen-bond donors (Lipinski definition) is 0. The van der Waals surface area contributed by atoms with Crippen molar-refractivity contribution >= 4 is 10.1 Å². The first-order chi connectivity index (χ1) is 9.42. The lowest BCUT2D eigenvalue weighted by Gasteiger charge is -2.06. The molecule has 0 saturated carbocycles. The van der Waals surface area contributed by atoms with E-state index in [1.54, 1.807) is 24.3 Å². The predicted molar refractivity (Wildman–Crippen MR) is 79.2 cm³/mol. The van der Waals surface area contributed by atoms with Crippen LogP contribution in [0.3, 0.4) is 0 Å². The lowest BCUT2D eigenvalue weighted by atomic mass is 10.2. The molecule has 4 nitrogen and oxygen atoms in total. The monoisotopic (exact) mass is 298 g/mol. The van der Waals surface area contributed by atoms with E-state index in [1.807, 2.05) is 13.8 Å². The summed E-state index contributed by atoms with van der Waals surface area (Å²) in [7, 11) is -3.64. The Morgan fingerprint density at radius 2 is 1.75 bits per heavy atom. The second-order valence-electron chi connectivity index (χ2n) is 4.81. The molecule has 0 fully saturated rings. The maximum Gasteiger partial charge on any atom is 0.296 e. The van der Waals surface area contributed by atoms with Crippen LogP contribution in [-0.2, 0) is 19.0 Å². The summed E-state index contributed by atoms with van der Waals surface area (Å²) >= 11 is 0. The van der Waals surface area contributed by atoms with Gasteiger partial charge in [-0.2, -0.15) is 8.42 Å². The van der Waals surface area contributed by atoms with Crippen LogP contribution in [0.2, 0.25) is 0 Å². The zero-order valence-electron chi connectivity index (χ0n) is 12.1. The summed E-state index contributed by atoms with van der Waals surface area (Å²) < 4.78 is 34.0. The zero-order chi connectivity index (χ0) is 15.0. The van der Waals surface area contributed by atoms with Crippen molar-refractivity contribution in [3.8, 4) is 0 Å². The lowest BCUT2D eigenvalue weighted by molar-refractivity contribution is 0.147. The Balaban J connectivity index is 2.27. The number of rotatable bonds is 9. The van der Waals surface area contributed by atoms with Gasteiger partial charge in [0.25, 0.3) is 10.1 Å². The lowest BCUT2D eigenvalue weighted by Crippen LogP contribution is -2.08. The van der Waals surface area contributed by atoms with Gasteiger partial charge in [-0.3, -0.25) is 4.18 Å². The third-order valence-electron chi connectivity index (χ3n) is 2.58. The van der Waals surface area contributed by atoms with Gasteiger partial charge < -0.3 is 4.74 Å². The Hall–Kier alpha value is -1.17. The van der Waals surface area contributed by atoms with Crippen LogP contribution in [0.15, 0.2) is 41.3 Å². The fourth-order valence-corrected chi connectivity index (χ4v) is 2.44. The van der Waals surface area contributed by atoms with Crippen LogP contribution in [0, 0.1) is 6.92 Å². The highest BCUT2D eigenvalue weighted by atomic mass is 32.2. The van der Waals surface area contributed by atoms with Crippen molar-refractivity contribution in [3.05, 3.63) is 42.0 Å². The number of ether oxygens (including phenoxy) is 1. The summed E-state index contributed by atoms with van der Waals surface area (Å²) in [6.45, 7) is 8.84. The van der Waals surface area contributed by atoms with Crippen LogP contribution in [0.5, 0.6) is 0 Å². The van der Waals surface area contributed by atoms with Gasteiger partial charge in [-0.1, -0.05) is 29.8 Å². The van der Waals surface area contributed by atoms with Crippen molar-refractivity contribution in [2.75, 3.05) is 19.8 Å². The van der Waals surface area contributed by atoms with Crippen LogP contribution in [-0.4, -0.2) is 28.2 Å². The summed E-state index contributed by atoms with van der Waals surface area (Å²) in [5.74, 6) is 0. The summed E-state index contributed by atoms with van der Waals surface area (Å²) in [6, 6.07) is 6.62. The molecule has 1 aromatic carbocycles. The maximum absolute atomic E-state index is 11.9. The average Bonchev–Trinajstić information content (AvgIpc) is 2.37. The molecule has 0 aliphatic rings. The second kappa shape index (κ2) is 8.19. The molecule has 0 heterocycles. The van der Waals surface area contributed by atoms with Gasteiger partial charge in [0, 0.05) is 6.61 Å². The maximum atomic E-state index is 11.9. The Morgan fingerprint density at radius 3 is 2.35 bits per heavy atom. The van der Waals surface area contributed by atoms with E-state index < -0.39 is 10.1 Å². The van der Waals surface area contributed by atoms with Crippen molar-refractivity contribution < 1.29 is 17.3 Å². The summed E-state index contributed by atoms with van der Waals surface area (Å²) in [4.78, 5) is 0.196. The molecule has 0 amide bonds. The highest BCUT2D eigenvalue weighted by molar-refractivity contribution is 7.86. The average molecular weight is 298 g/mol. The van der Waals surface area contributed by atoms with Gasteiger partial charge in [-0.15, -0.1) is 0 Å². The van der Waals surface area contributed by atoms with E-state index >= 15 is 0 Å². The molecule has 0 saturated heterocycles. The SMILES string of the molecule is C=C(C)COCCCCOS(=O)(=O)c1ccc(C)cc1. The molecule has 0 unspecified atom stereocenters. The summed E-state index contributed by atoms with van der Waals surface area (Å²) in [5.41, 5.74) is 1.99. The molecule has 0 spiro atoms. The normalized spacial score (nSPS) is 11.5. The van der Waals surface area contributed by atoms with Gasteiger partial charge in [0.1, 0.15) is 0 Å². The van der Waals surface area contributed by atoms with Gasteiger partial charge in [0.2, 0.25) is 0 Å². The number of benzene rings is 1. The minimum Gasteiger partial charge on any atom is -0.377 e. The van der Waals surface area contributed by atoms with E-state index in [2.05, 4.69) is 6.58 Å². The molecule has 0 aliphatic carbocycles.